The first kappa shape index (κ1) is 44.7. The quantitative estimate of drug-likeness (QED) is 0.129. The summed E-state index contributed by atoms with van der Waals surface area (Å²) < 4.78 is 87.8. The molecule has 1 amide bonds. The van der Waals surface area contributed by atoms with Crippen LogP contribution in [0.25, 0.3) is 11.3 Å². The second kappa shape index (κ2) is 18.4. The summed E-state index contributed by atoms with van der Waals surface area (Å²) >= 11 is 1.98. The first-order valence-electron chi connectivity index (χ1n) is 18.7. The fraction of sp³-hybridized carbons (Fsp3) is 0.341. The molecular weight excluding hydrogens is 928 g/mol. The number of amides is 1. The number of ether oxygens (including phenoxy) is 4. The predicted molar refractivity (Wildman–Crippen MR) is 231 cm³/mol. The molecule has 1 saturated heterocycles. The van der Waals surface area contributed by atoms with E-state index in [4.69, 9.17) is 18.9 Å². The van der Waals surface area contributed by atoms with E-state index in [1.54, 1.807) is 88.5 Å². The third-order valence-corrected chi connectivity index (χ3v) is 14.0. The van der Waals surface area contributed by atoms with Crippen LogP contribution in [-0.2, 0) is 44.4 Å². The normalized spacial score (nSPS) is 15.9. The van der Waals surface area contributed by atoms with Crippen molar-refractivity contribution < 1.29 is 45.7 Å². The zero-order valence-electron chi connectivity index (χ0n) is 33.9. The van der Waals surface area contributed by atoms with Crippen molar-refractivity contribution in [2.45, 2.75) is 67.9 Å². The van der Waals surface area contributed by atoms with Crippen LogP contribution in [0, 0.1) is 3.57 Å². The predicted octanol–water partition coefficient (Wildman–Crippen LogP) is 5.27. The zero-order chi connectivity index (χ0) is 43.4. The Morgan fingerprint density at radius 3 is 1.83 bits per heavy atom. The van der Waals surface area contributed by atoms with E-state index in [1.165, 1.54) is 46.4 Å². The van der Waals surface area contributed by atoms with Crippen molar-refractivity contribution in [3.05, 3.63) is 111 Å². The molecule has 320 valence electrons. The number of aromatic nitrogens is 3. The summed E-state index contributed by atoms with van der Waals surface area (Å²) in [5, 5.41) is 19.5. The van der Waals surface area contributed by atoms with Gasteiger partial charge in [-0.15, -0.1) is 5.10 Å². The molecule has 0 saturated carbocycles. The molecule has 1 aliphatic heterocycles. The van der Waals surface area contributed by atoms with Gasteiger partial charge < -0.3 is 29.0 Å². The summed E-state index contributed by atoms with van der Waals surface area (Å²) in [6, 6.07) is 22.5. The minimum atomic E-state index is -4.80. The van der Waals surface area contributed by atoms with Gasteiger partial charge >= 0.3 is 6.09 Å². The molecule has 1 fully saturated rings. The highest BCUT2D eigenvalue weighted by atomic mass is 127. The number of nitrogens with zero attached hydrogens (tertiary/aromatic N) is 5. The topological polar surface area (TPSA) is 192 Å². The highest BCUT2D eigenvalue weighted by Gasteiger charge is 2.42. The Morgan fingerprint density at radius 2 is 1.33 bits per heavy atom. The number of halogens is 1. The van der Waals surface area contributed by atoms with Crippen molar-refractivity contribution in [1.29, 1.82) is 0 Å². The fourth-order valence-corrected chi connectivity index (χ4v) is 11.2. The Morgan fingerprint density at radius 1 is 0.817 bits per heavy atom. The van der Waals surface area contributed by atoms with Crippen molar-refractivity contribution in [1.82, 2.24) is 28.9 Å². The molecule has 1 aliphatic rings. The molecule has 19 heteroatoms. The molecule has 6 rings (SSSR count). The van der Waals surface area contributed by atoms with Gasteiger partial charge in [-0.25, -0.2) is 31.0 Å². The van der Waals surface area contributed by atoms with Gasteiger partial charge in [-0.1, -0.05) is 41.6 Å². The van der Waals surface area contributed by atoms with E-state index >= 15 is 8.42 Å². The largest absolute Gasteiger partial charge is 0.497 e. The lowest BCUT2D eigenvalue weighted by Gasteiger charge is -2.27. The van der Waals surface area contributed by atoms with Crippen molar-refractivity contribution >= 4 is 48.7 Å². The number of aliphatic hydroxyl groups is 1. The first-order valence-corrected chi connectivity index (χ1v) is 22.7. The molecular formula is C41H47IN6O10S2. The van der Waals surface area contributed by atoms with E-state index < -0.39 is 53.7 Å². The number of aliphatic hydroxyl groups excluding tert-OH is 1. The molecule has 16 nitrogen and oxygen atoms in total. The SMILES string of the molecule is COc1ccc(CN(Cc2ccc(OC)cc2)S(=O)(=O)c2c(S(=O)(=O)N[C@H]3CN(C(=O)OC(C)(C)C)C[C@H]3O)ccc(I)c2-c2cnnn2Cc2ccc(OC)cc2)cc1. The van der Waals surface area contributed by atoms with Gasteiger partial charge in [0.25, 0.3) is 0 Å². The third-order valence-electron chi connectivity index (χ3n) is 9.61. The molecule has 2 atom stereocenters. The summed E-state index contributed by atoms with van der Waals surface area (Å²) in [5.41, 5.74) is 1.44. The van der Waals surface area contributed by atoms with E-state index in [2.05, 4.69) is 15.0 Å². The lowest BCUT2D eigenvalue weighted by atomic mass is 10.1. The van der Waals surface area contributed by atoms with E-state index in [9.17, 15) is 18.3 Å². The van der Waals surface area contributed by atoms with Crippen molar-refractivity contribution in [3.8, 4) is 28.5 Å². The van der Waals surface area contributed by atoms with Crippen LogP contribution in [0.3, 0.4) is 0 Å². The summed E-state index contributed by atoms with van der Waals surface area (Å²) in [5.74, 6) is 1.78. The maximum atomic E-state index is 15.6. The number of methoxy groups -OCH3 is 3. The molecule has 0 unspecified atom stereocenters. The highest BCUT2D eigenvalue weighted by molar-refractivity contribution is 14.1. The number of nitrogens with one attached hydrogen (secondary N) is 1. The highest BCUT2D eigenvalue weighted by Crippen LogP contribution is 2.39. The summed E-state index contributed by atoms with van der Waals surface area (Å²) in [6.07, 6.45) is -0.665. The lowest BCUT2D eigenvalue weighted by Crippen LogP contribution is -2.44. The van der Waals surface area contributed by atoms with Crippen LogP contribution in [0.15, 0.2) is 101 Å². The molecule has 0 radical (unpaired) electrons. The zero-order valence-corrected chi connectivity index (χ0v) is 37.7. The van der Waals surface area contributed by atoms with Crippen LogP contribution in [0.2, 0.25) is 0 Å². The van der Waals surface area contributed by atoms with Gasteiger partial charge in [0.1, 0.15) is 32.6 Å². The molecule has 2 heterocycles. The van der Waals surface area contributed by atoms with Crippen molar-refractivity contribution in [2.24, 2.45) is 0 Å². The van der Waals surface area contributed by atoms with Crippen LogP contribution in [0.1, 0.15) is 37.5 Å². The standard InChI is InChI=1S/C41H47IN6O10S2/c1-41(2,3)58-40(50)46-25-34(36(49)26-46)44-59(51,52)37-20-19-33(42)38(35-21-43-45-48(35)24-29-11-17-32(57-6)18-12-29)39(37)60(53,54)47(22-27-7-13-30(55-4)14-8-27)23-28-9-15-31(56-5)16-10-28/h7-21,34,36,44,49H,22-26H2,1-6H3/t34-,36+/m0/s1. The number of hydrogen-bond donors (Lipinski definition) is 2. The minimum absolute atomic E-state index is 0.0498. The van der Waals surface area contributed by atoms with Crippen molar-refractivity contribution in [3.63, 3.8) is 0 Å². The summed E-state index contributed by atoms with van der Waals surface area (Å²) in [7, 11) is -4.97. The monoisotopic (exact) mass is 974 g/mol. The van der Waals surface area contributed by atoms with Gasteiger partial charge in [-0.05, 0) is 109 Å². The molecule has 0 spiro atoms. The first-order chi connectivity index (χ1) is 28.4. The molecule has 60 heavy (non-hydrogen) atoms. The molecule has 0 aliphatic carbocycles. The smallest absolute Gasteiger partial charge is 0.410 e. The van der Waals surface area contributed by atoms with Crippen LogP contribution in [0.4, 0.5) is 4.79 Å². The van der Waals surface area contributed by atoms with E-state index in [0.717, 1.165) is 5.56 Å². The Balaban J connectivity index is 1.51. The Hall–Kier alpha value is -4.80. The number of carbonyl (C=O) groups excluding carboxylic acids is 1. The number of carbonyl (C=O) groups is 1. The van der Waals surface area contributed by atoms with Crippen LogP contribution in [0.5, 0.6) is 17.2 Å². The number of likely N-dealkylation sites (tertiary alicyclic amines) is 1. The van der Waals surface area contributed by atoms with E-state index in [-0.39, 0.29) is 44.0 Å². The van der Waals surface area contributed by atoms with E-state index in [0.29, 0.717) is 31.9 Å². The van der Waals surface area contributed by atoms with Gasteiger partial charge in [-0.3, -0.25) is 0 Å². The average Bonchev–Trinajstić information content (AvgIpc) is 3.82. The van der Waals surface area contributed by atoms with Gasteiger partial charge in [-0.2, -0.15) is 4.31 Å². The third kappa shape index (κ3) is 10.4. The summed E-state index contributed by atoms with van der Waals surface area (Å²) in [4.78, 5) is 13.0. The molecule has 0 bridgehead atoms. The van der Waals surface area contributed by atoms with Gasteiger partial charge in [0, 0.05) is 28.8 Å². The second-order valence-electron chi connectivity index (χ2n) is 15.0. The Labute approximate surface area is 363 Å². The number of benzene rings is 4. The van der Waals surface area contributed by atoms with Gasteiger partial charge in [0.15, 0.2) is 0 Å². The number of sulfonamides is 2. The van der Waals surface area contributed by atoms with Crippen LogP contribution < -0.4 is 18.9 Å². The molecule has 1 aromatic heterocycles. The molecule has 4 aromatic carbocycles. The maximum Gasteiger partial charge on any atom is 0.410 e. The maximum absolute atomic E-state index is 15.6. The number of β-amino-alcohol motifs (C(OH)–C–C–N with tert-alkyl or cyclic N) is 1. The fourth-order valence-electron chi connectivity index (χ4n) is 6.58. The minimum Gasteiger partial charge on any atom is -0.497 e. The second-order valence-corrected chi connectivity index (χ2v) is 19.7. The van der Waals surface area contributed by atoms with Gasteiger partial charge in [0.05, 0.1) is 58.5 Å². The number of rotatable bonds is 15. The Bertz CT molecular complexity index is 2460. The van der Waals surface area contributed by atoms with E-state index in [1.807, 2.05) is 34.7 Å². The molecule has 5 aromatic rings. The Kier molecular flexibility index (Phi) is 13.8. The summed E-state index contributed by atoms with van der Waals surface area (Å²) in [6.45, 7) is 4.47. The van der Waals surface area contributed by atoms with Crippen molar-refractivity contribution in [2.75, 3.05) is 34.4 Å². The van der Waals surface area contributed by atoms with Crippen LogP contribution in [-0.4, -0.2) is 104 Å². The molecule has 2 N–H and O–H groups in total. The number of hydrogen-bond acceptors (Lipinski definition) is 12. The van der Waals surface area contributed by atoms with Gasteiger partial charge in [0.2, 0.25) is 20.0 Å². The lowest BCUT2D eigenvalue weighted by molar-refractivity contribution is 0.0270. The van der Waals surface area contributed by atoms with Crippen LogP contribution >= 0.6 is 22.6 Å². The average molecular weight is 975 g/mol.